The number of hydrogen-bond acceptors (Lipinski definition) is 4. The lowest BCUT2D eigenvalue weighted by atomic mass is 9.91. The highest BCUT2D eigenvalue weighted by Gasteiger charge is 2.19. The van der Waals surface area contributed by atoms with Gasteiger partial charge in [0.1, 0.15) is 12.4 Å². The van der Waals surface area contributed by atoms with E-state index in [-0.39, 0.29) is 5.91 Å². The minimum Gasteiger partial charge on any atom is -0.488 e. The van der Waals surface area contributed by atoms with E-state index in [0.717, 1.165) is 17.4 Å². The zero-order valence-electron chi connectivity index (χ0n) is 17.5. The topological polar surface area (TPSA) is 65.4 Å². The van der Waals surface area contributed by atoms with Crippen LogP contribution in [0, 0.1) is 5.92 Å². The van der Waals surface area contributed by atoms with Crippen LogP contribution in [0.15, 0.2) is 31.0 Å². The molecule has 1 N–H and O–H groups in total. The molecular formula is C23H33N3O3. The predicted molar refractivity (Wildman–Crippen MR) is 115 cm³/mol. The summed E-state index contributed by atoms with van der Waals surface area (Å²) in [4.78, 5) is 12.6. The highest BCUT2D eigenvalue weighted by molar-refractivity contribution is 6.03. The maximum Gasteiger partial charge on any atom is 0.255 e. The number of nitrogens with zero attached hydrogens (tertiary/aromatic N) is 2. The van der Waals surface area contributed by atoms with Crippen LogP contribution in [0.5, 0.6) is 5.75 Å². The van der Waals surface area contributed by atoms with Gasteiger partial charge in [0.05, 0.1) is 23.1 Å². The van der Waals surface area contributed by atoms with Crippen molar-refractivity contribution in [1.82, 2.24) is 15.1 Å². The van der Waals surface area contributed by atoms with E-state index in [2.05, 4.69) is 11.9 Å². The summed E-state index contributed by atoms with van der Waals surface area (Å²) in [5.41, 5.74) is 1.37. The molecule has 29 heavy (non-hydrogen) atoms. The minimum absolute atomic E-state index is 0.171. The third kappa shape index (κ3) is 5.82. The van der Waals surface area contributed by atoms with Crippen LogP contribution in [-0.4, -0.2) is 42.6 Å². The minimum atomic E-state index is -0.171. The quantitative estimate of drug-likeness (QED) is 0.503. The van der Waals surface area contributed by atoms with Gasteiger partial charge in [-0.15, -0.1) is 0 Å². The van der Waals surface area contributed by atoms with Crippen LogP contribution < -0.4 is 10.1 Å². The van der Waals surface area contributed by atoms with E-state index < -0.39 is 0 Å². The van der Waals surface area contributed by atoms with Gasteiger partial charge in [-0.3, -0.25) is 9.48 Å². The molecule has 1 aliphatic carbocycles. The zero-order valence-corrected chi connectivity index (χ0v) is 17.5. The second-order valence-electron chi connectivity index (χ2n) is 7.79. The third-order valence-electron chi connectivity index (χ3n) is 5.54. The summed E-state index contributed by atoms with van der Waals surface area (Å²) in [5.74, 6) is 1.07. The number of aromatic nitrogens is 2. The first kappa shape index (κ1) is 21.4. The fraction of sp³-hybridized carbons (Fsp3) is 0.565. The molecule has 1 fully saturated rings. The molecule has 0 spiro atoms. The number of benzene rings is 1. The van der Waals surface area contributed by atoms with Crippen LogP contribution in [0.4, 0.5) is 0 Å². The van der Waals surface area contributed by atoms with Crippen LogP contribution in [-0.2, 0) is 11.3 Å². The molecule has 0 unspecified atom stereocenters. The van der Waals surface area contributed by atoms with E-state index in [9.17, 15) is 4.79 Å². The average molecular weight is 400 g/mol. The SMILES string of the molecule is C=CCOc1c(C(=O)NCCOC)ccc2nn(CC3CCCCCCC3)cc12. The molecule has 158 valence electrons. The van der Waals surface area contributed by atoms with Crippen molar-refractivity contribution in [3.05, 3.63) is 36.5 Å². The maximum atomic E-state index is 12.6. The summed E-state index contributed by atoms with van der Waals surface area (Å²) in [6.07, 6.45) is 12.9. The number of hydrogen-bond donors (Lipinski definition) is 1. The Labute approximate surface area is 173 Å². The summed E-state index contributed by atoms with van der Waals surface area (Å²) in [6.45, 7) is 5.91. The van der Waals surface area contributed by atoms with Gasteiger partial charge in [0.25, 0.3) is 5.91 Å². The van der Waals surface area contributed by atoms with Gasteiger partial charge in [-0.1, -0.05) is 44.8 Å². The molecule has 1 heterocycles. The fourth-order valence-electron chi connectivity index (χ4n) is 4.04. The molecule has 1 aromatic carbocycles. The Morgan fingerprint density at radius 2 is 2.03 bits per heavy atom. The molecule has 0 atom stereocenters. The van der Waals surface area contributed by atoms with Gasteiger partial charge in [0, 0.05) is 26.4 Å². The molecule has 2 aromatic rings. The predicted octanol–water partition coefficient (Wildman–Crippen LogP) is 4.34. The van der Waals surface area contributed by atoms with Crippen molar-refractivity contribution in [3.8, 4) is 5.75 Å². The van der Waals surface area contributed by atoms with E-state index in [1.807, 2.05) is 16.9 Å². The molecule has 6 heteroatoms. The molecule has 1 saturated carbocycles. The molecule has 6 nitrogen and oxygen atoms in total. The largest absolute Gasteiger partial charge is 0.488 e. The van der Waals surface area contributed by atoms with Gasteiger partial charge in [0.2, 0.25) is 0 Å². The molecule has 0 bridgehead atoms. The normalized spacial score (nSPS) is 15.6. The first-order chi connectivity index (χ1) is 14.2. The van der Waals surface area contributed by atoms with E-state index in [0.29, 0.717) is 37.0 Å². The van der Waals surface area contributed by atoms with Crippen molar-refractivity contribution in [2.24, 2.45) is 5.92 Å². The first-order valence-corrected chi connectivity index (χ1v) is 10.7. The monoisotopic (exact) mass is 399 g/mol. The van der Waals surface area contributed by atoms with Crippen LogP contribution in [0.2, 0.25) is 0 Å². The Morgan fingerprint density at radius 1 is 1.28 bits per heavy atom. The number of carbonyl (C=O) groups excluding carboxylic acids is 1. The number of nitrogens with one attached hydrogen (secondary N) is 1. The maximum absolute atomic E-state index is 12.6. The lowest BCUT2D eigenvalue weighted by Crippen LogP contribution is -2.27. The highest BCUT2D eigenvalue weighted by atomic mass is 16.5. The van der Waals surface area contributed by atoms with Gasteiger partial charge >= 0.3 is 0 Å². The van der Waals surface area contributed by atoms with Crippen LogP contribution in [0.3, 0.4) is 0 Å². The van der Waals surface area contributed by atoms with Gasteiger partial charge in [-0.25, -0.2) is 0 Å². The summed E-state index contributed by atoms with van der Waals surface area (Å²) in [5, 5.41) is 8.51. The number of methoxy groups -OCH3 is 1. The van der Waals surface area contributed by atoms with Crippen molar-refractivity contribution in [2.45, 2.75) is 51.5 Å². The summed E-state index contributed by atoms with van der Waals surface area (Å²) >= 11 is 0. The molecule has 0 radical (unpaired) electrons. The standard InChI is InChI=1S/C23H33N3O3/c1-3-14-29-22-19(23(27)24-13-15-28-2)11-12-21-20(22)17-26(25-21)16-18-9-7-5-4-6-8-10-18/h3,11-12,17-18H,1,4-10,13-16H2,2H3,(H,24,27). The van der Waals surface area contributed by atoms with Crippen LogP contribution >= 0.6 is 0 Å². The van der Waals surface area contributed by atoms with E-state index in [1.165, 1.54) is 44.9 Å². The smallest absolute Gasteiger partial charge is 0.255 e. The molecule has 0 saturated heterocycles. The Kier molecular flexibility index (Phi) is 8.11. The van der Waals surface area contributed by atoms with Gasteiger partial charge in [-0.2, -0.15) is 5.10 Å². The van der Waals surface area contributed by atoms with Crippen molar-refractivity contribution in [1.29, 1.82) is 0 Å². The Balaban J connectivity index is 1.83. The molecule has 0 aliphatic heterocycles. The Hall–Kier alpha value is -2.34. The molecule has 1 aliphatic rings. The second-order valence-corrected chi connectivity index (χ2v) is 7.79. The summed E-state index contributed by atoms with van der Waals surface area (Å²) in [6, 6.07) is 3.69. The van der Waals surface area contributed by atoms with E-state index >= 15 is 0 Å². The van der Waals surface area contributed by atoms with Gasteiger partial charge in [0.15, 0.2) is 0 Å². The number of carbonyl (C=O) groups is 1. The molecule has 1 aromatic heterocycles. The highest BCUT2D eigenvalue weighted by Crippen LogP contribution is 2.31. The molecular weight excluding hydrogens is 366 g/mol. The number of fused-ring (bicyclic) bond motifs is 1. The Bertz CT molecular complexity index is 807. The van der Waals surface area contributed by atoms with E-state index in [4.69, 9.17) is 14.6 Å². The lowest BCUT2D eigenvalue weighted by Gasteiger charge is -2.19. The summed E-state index contributed by atoms with van der Waals surface area (Å²) in [7, 11) is 1.61. The first-order valence-electron chi connectivity index (χ1n) is 10.7. The fourth-order valence-corrected chi connectivity index (χ4v) is 4.04. The Morgan fingerprint density at radius 3 is 2.76 bits per heavy atom. The number of amides is 1. The van der Waals surface area contributed by atoms with Crippen LogP contribution in [0.25, 0.3) is 10.9 Å². The second kappa shape index (κ2) is 11.0. The molecule has 1 amide bonds. The van der Waals surface area contributed by atoms with Crippen LogP contribution in [0.1, 0.15) is 55.3 Å². The van der Waals surface area contributed by atoms with E-state index in [1.54, 1.807) is 19.3 Å². The number of rotatable bonds is 9. The molecule has 3 rings (SSSR count). The number of ether oxygens (including phenoxy) is 2. The van der Waals surface area contributed by atoms with Crippen molar-refractivity contribution in [2.75, 3.05) is 26.9 Å². The average Bonchev–Trinajstić information content (AvgIpc) is 3.11. The third-order valence-corrected chi connectivity index (χ3v) is 5.54. The van der Waals surface area contributed by atoms with Crippen molar-refractivity contribution >= 4 is 16.8 Å². The lowest BCUT2D eigenvalue weighted by molar-refractivity contribution is 0.0934. The van der Waals surface area contributed by atoms with Crippen molar-refractivity contribution < 1.29 is 14.3 Å². The summed E-state index contributed by atoms with van der Waals surface area (Å²) < 4.78 is 12.9. The van der Waals surface area contributed by atoms with Gasteiger partial charge < -0.3 is 14.8 Å². The van der Waals surface area contributed by atoms with Gasteiger partial charge in [-0.05, 0) is 30.9 Å². The van der Waals surface area contributed by atoms with Crippen molar-refractivity contribution in [3.63, 3.8) is 0 Å². The zero-order chi connectivity index (χ0) is 20.5.